The van der Waals surface area contributed by atoms with Gasteiger partial charge in [-0.05, 0) is 38.5 Å². The quantitative estimate of drug-likeness (QED) is 0.0338. The third-order valence-electron chi connectivity index (χ3n) is 9.21. The number of aliphatic hydroxyl groups is 5. The summed E-state index contributed by atoms with van der Waals surface area (Å²) in [6, 6.07) is -0.821. The Kier molecular flexibility index (Phi) is 28.9. The van der Waals surface area contributed by atoms with E-state index < -0.39 is 49.5 Å². The molecule has 286 valence electrons. The highest BCUT2D eigenvalue weighted by Crippen LogP contribution is 2.22. The maximum absolute atomic E-state index is 12.9. The molecular weight excluding hydrogens is 622 g/mol. The zero-order valence-electron chi connectivity index (χ0n) is 30.9. The van der Waals surface area contributed by atoms with E-state index in [1.165, 1.54) is 83.5 Å². The van der Waals surface area contributed by atoms with Crippen molar-refractivity contribution in [1.29, 1.82) is 0 Å². The first-order valence-corrected chi connectivity index (χ1v) is 19.7. The van der Waals surface area contributed by atoms with Crippen LogP contribution in [0.25, 0.3) is 0 Å². The molecule has 0 aromatic carbocycles. The summed E-state index contributed by atoms with van der Waals surface area (Å²) >= 11 is 0. The van der Waals surface area contributed by atoms with Crippen LogP contribution in [0.3, 0.4) is 0 Å². The van der Waals surface area contributed by atoms with Crippen molar-refractivity contribution >= 4 is 5.91 Å². The molecule has 1 heterocycles. The number of hydrogen-bond acceptors (Lipinski definition) is 8. The molecule has 49 heavy (non-hydrogen) atoms. The Bertz CT molecular complexity index is 863. The fourth-order valence-electron chi connectivity index (χ4n) is 6.02. The van der Waals surface area contributed by atoms with Crippen LogP contribution in [0, 0.1) is 0 Å². The second-order valence-corrected chi connectivity index (χ2v) is 13.7. The molecule has 9 nitrogen and oxygen atoms in total. The van der Waals surface area contributed by atoms with Crippen LogP contribution in [-0.4, -0.2) is 87.5 Å². The van der Waals surface area contributed by atoms with Gasteiger partial charge >= 0.3 is 0 Å². The average molecular weight is 696 g/mol. The van der Waals surface area contributed by atoms with Gasteiger partial charge in [-0.2, -0.15) is 0 Å². The standard InChI is InChI=1S/C40H73NO8/c1-3-5-7-9-11-13-15-16-17-18-19-20-22-24-26-28-30-36(44)41-33(32-48-40-39(47)38(46)37(45)35(31-42)49-40)34(43)29-27-25-23-21-14-12-10-8-6-4-2/h6,8,14,21,27,29,33-35,37-40,42-43,45-47H,3-5,7,9-13,15-20,22-26,28,30-32H2,1-2H3,(H,41,44)/b8-6+,21-14+,29-27+. The SMILES string of the molecule is CC/C=C/CC/C=C/CC/C=C/C(O)C(COC1OC(CO)C(O)C(O)C1O)NC(=O)CCCCCCCCCCCCCCCCCC. The van der Waals surface area contributed by atoms with E-state index in [2.05, 4.69) is 43.5 Å². The Morgan fingerprint density at radius 3 is 1.69 bits per heavy atom. The smallest absolute Gasteiger partial charge is 0.220 e. The molecular formula is C40H73NO8. The first kappa shape index (κ1) is 45.4. The maximum Gasteiger partial charge on any atom is 0.220 e. The topological polar surface area (TPSA) is 149 Å². The number of carbonyl (C=O) groups excluding carboxylic acids is 1. The second kappa shape index (κ2) is 31.2. The summed E-state index contributed by atoms with van der Waals surface area (Å²) < 4.78 is 11.1. The zero-order valence-corrected chi connectivity index (χ0v) is 30.9. The van der Waals surface area contributed by atoms with E-state index in [4.69, 9.17) is 9.47 Å². The van der Waals surface area contributed by atoms with Crippen LogP contribution in [0.4, 0.5) is 0 Å². The van der Waals surface area contributed by atoms with Gasteiger partial charge in [0.2, 0.25) is 5.91 Å². The van der Waals surface area contributed by atoms with Gasteiger partial charge in [0.15, 0.2) is 6.29 Å². The lowest BCUT2D eigenvalue weighted by Crippen LogP contribution is -2.60. The van der Waals surface area contributed by atoms with Crippen molar-refractivity contribution in [2.45, 2.75) is 198 Å². The molecule has 1 rings (SSSR count). The van der Waals surface area contributed by atoms with E-state index >= 15 is 0 Å². The number of nitrogens with one attached hydrogen (secondary N) is 1. The van der Waals surface area contributed by atoms with Crippen molar-refractivity contribution in [2.75, 3.05) is 13.2 Å². The lowest BCUT2D eigenvalue weighted by molar-refractivity contribution is -0.302. The fraction of sp³-hybridized carbons (Fsp3) is 0.825. The van der Waals surface area contributed by atoms with Crippen molar-refractivity contribution in [3.63, 3.8) is 0 Å². The zero-order chi connectivity index (χ0) is 36.0. The summed E-state index contributed by atoms with van der Waals surface area (Å²) in [6.45, 7) is 3.60. The Hall–Kier alpha value is -1.59. The molecule has 0 saturated carbocycles. The molecule has 9 heteroatoms. The minimum Gasteiger partial charge on any atom is -0.394 e. The van der Waals surface area contributed by atoms with E-state index in [9.17, 15) is 30.3 Å². The Labute approximate surface area is 298 Å². The minimum atomic E-state index is -1.57. The summed E-state index contributed by atoms with van der Waals surface area (Å²) in [6.07, 6.45) is 29.1. The predicted octanol–water partition coefficient (Wildman–Crippen LogP) is 6.94. The van der Waals surface area contributed by atoms with Gasteiger partial charge in [-0.1, -0.05) is 147 Å². The third-order valence-corrected chi connectivity index (χ3v) is 9.21. The van der Waals surface area contributed by atoms with Gasteiger partial charge in [-0.25, -0.2) is 0 Å². The maximum atomic E-state index is 12.9. The molecule has 1 saturated heterocycles. The molecule has 7 atom stereocenters. The first-order chi connectivity index (χ1) is 23.8. The molecule has 1 aliphatic heterocycles. The molecule has 0 aromatic heterocycles. The van der Waals surface area contributed by atoms with Gasteiger partial charge in [0.25, 0.3) is 0 Å². The van der Waals surface area contributed by atoms with Crippen molar-refractivity contribution in [3.05, 3.63) is 36.5 Å². The van der Waals surface area contributed by atoms with Gasteiger partial charge in [0.1, 0.15) is 24.4 Å². The van der Waals surface area contributed by atoms with Crippen LogP contribution in [0.1, 0.15) is 155 Å². The van der Waals surface area contributed by atoms with Gasteiger partial charge in [0.05, 0.1) is 25.4 Å². The molecule has 7 unspecified atom stereocenters. The lowest BCUT2D eigenvalue weighted by atomic mass is 9.99. The monoisotopic (exact) mass is 696 g/mol. The summed E-state index contributed by atoms with van der Waals surface area (Å²) in [5.41, 5.74) is 0. The van der Waals surface area contributed by atoms with E-state index in [0.717, 1.165) is 51.4 Å². The number of rotatable bonds is 31. The van der Waals surface area contributed by atoms with Crippen molar-refractivity contribution in [3.8, 4) is 0 Å². The molecule has 6 N–H and O–H groups in total. The first-order valence-electron chi connectivity index (χ1n) is 19.7. The number of carbonyl (C=O) groups is 1. The van der Waals surface area contributed by atoms with Crippen LogP contribution in [0.5, 0.6) is 0 Å². The van der Waals surface area contributed by atoms with Gasteiger partial charge in [-0.3, -0.25) is 4.79 Å². The highest BCUT2D eigenvalue weighted by atomic mass is 16.7. The molecule has 1 amide bonds. The van der Waals surface area contributed by atoms with Crippen molar-refractivity contribution in [2.24, 2.45) is 0 Å². The number of ether oxygens (including phenoxy) is 2. The minimum absolute atomic E-state index is 0.194. The molecule has 1 fully saturated rings. The summed E-state index contributed by atoms with van der Waals surface area (Å²) in [7, 11) is 0. The Morgan fingerprint density at radius 1 is 0.694 bits per heavy atom. The van der Waals surface area contributed by atoms with E-state index in [0.29, 0.717) is 6.42 Å². The van der Waals surface area contributed by atoms with Gasteiger partial charge < -0.3 is 40.3 Å². The lowest BCUT2D eigenvalue weighted by Gasteiger charge is -2.40. The molecule has 1 aliphatic rings. The highest BCUT2D eigenvalue weighted by molar-refractivity contribution is 5.76. The van der Waals surface area contributed by atoms with Crippen molar-refractivity contribution < 1.29 is 39.8 Å². The van der Waals surface area contributed by atoms with E-state index in [1.54, 1.807) is 6.08 Å². The van der Waals surface area contributed by atoms with Gasteiger partial charge in [0, 0.05) is 6.42 Å². The molecule has 0 aromatic rings. The highest BCUT2D eigenvalue weighted by Gasteiger charge is 2.44. The average Bonchev–Trinajstić information content (AvgIpc) is 3.10. The Balaban J connectivity index is 2.42. The van der Waals surface area contributed by atoms with E-state index in [1.807, 2.05) is 6.08 Å². The largest absolute Gasteiger partial charge is 0.394 e. The molecule has 0 radical (unpaired) electrons. The van der Waals surface area contributed by atoms with Crippen LogP contribution in [0.2, 0.25) is 0 Å². The third kappa shape index (κ3) is 22.8. The normalized spacial score (nSPS) is 22.8. The van der Waals surface area contributed by atoms with E-state index in [-0.39, 0.29) is 12.5 Å². The number of aliphatic hydroxyl groups excluding tert-OH is 5. The summed E-state index contributed by atoms with van der Waals surface area (Å²) in [5, 5.41) is 53.8. The molecule has 0 aliphatic carbocycles. The van der Waals surface area contributed by atoms with Gasteiger partial charge in [-0.15, -0.1) is 0 Å². The van der Waals surface area contributed by atoms with Crippen molar-refractivity contribution in [1.82, 2.24) is 5.32 Å². The second-order valence-electron chi connectivity index (χ2n) is 13.7. The fourth-order valence-corrected chi connectivity index (χ4v) is 6.02. The number of unbranched alkanes of at least 4 members (excludes halogenated alkanes) is 17. The predicted molar refractivity (Wildman–Crippen MR) is 198 cm³/mol. The van der Waals surface area contributed by atoms with Crippen LogP contribution in [-0.2, 0) is 14.3 Å². The number of hydrogen-bond donors (Lipinski definition) is 6. The molecule has 0 bridgehead atoms. The number of allylic oxidation sites excluding steroid dienone is 5. The number of amides is 1. The summed E-state index contributed by atoms with van der Waals surface area (Å²) in [5.74, 6) is -0.194. The van der Waals surface area contributed by atoms with Crippen LogP contribution < -0.4 is 5.32 Å². The summed E-state index contributed by atoms with van der Waals surface area (Å²) in [4.78, 5) is 12.9. The Morgan fingerprint density at radius 2 is 1.18 bits per heavy atom. The molecule has 0 spiro atoms. The van der Waals surface area contributed by atoms with Crippen LogP contribution >= 0.6 is 0 Å². The van der Waals surface area contributed by atoms with Crippen LogP contribution in [0.15, 0.2) is 36.5 Å².